The molecule has 0 aliphatic carbocycles. The Labute approximate surface area is 102 Å². The minimum Gasteiger partial charge on any atom is -0.371 e. The molecule has 0 spiro atoms. The van der Waals surface area contributed by atoms with E-state index in [1.807, 2.05) is 11.8 Å². The van der Waals surface area contributed by atoms with Gasteiger partial charge in [0.1, 0.15) is 0 Å². The van der Waals surface area contributed by atoms with Crippen molar-refractivity contribution in [3.8, 4) is 0 Å². The van der Waals surface area contributed by atoms with Crippen molar-refractivity contribution in [2.24, 2.45) is 5.73 Å². The van der Waals surface area contributed by atoms with Gasteiger partial charge in [-0.15, -0.1) is 11.8 Å². The predicted octanol–water partition coefficient (Wildman–Crippen LogP) is 2.51. The van der Waals surface area contributed by atoms with Crippen LogP contribution in [0.25, 0.3) is 0 Å². The summed E-state index contributed by atoms with van der Waals surface area (Å²) in [7, 11) is 2.12. The SMILES string of the molecule is CC(CN)N(C)c1ccc2c(c1)CCCS2. The Morgan fingerprint density at radius 2 is 2.31 bits per heavy atom. The van der Waals surface area contributed by atoms with Crippen molar-refractivity contribution in [2.75, 3.05) is 24.2 Å². The number of hydrogen-bond acceptors (Lipinski definition) is 3. The standard InChI is InChI=1S/C13H20N2S/c1-10(9-14)15(2)12-5-6-13-11(8-12)4-3-7-16-13/h5-6,8,10H,3-4,7,9,14H2,1-2H3. The highest BCUT2D eigenvalue weighted by atomic mass is 32.2. The van der Waals surface area contributed by atoms with E-state index in [0.29, 0.717) is 12.6 Å². The molecule has 0 saturated carbocycles. The van der Waals surface area contributed by atoms with Gasteiger partial charge in [-0.1, -0.05) is 0 Å². The van der Waals surface area contributed by atoms with Gasteiger partial charge in [0.15, 0.2) is 0 Å². The quantitative estimate of drug-likeness (QED) is 0.874. The van der Waals surface area contributed by atoms with Crippen LogP contribution in [0.15, 0.2) is 23.1 Å². The van der Waals surface area contributed by atoms with E-state index in [1.165, 1.54) is 34.7 Å². The highest BCUT2D eigenvalue weighted by Crippen LogP contribution is 2.32. The number of thioether (sulfide) groups is 1. The molecule has 1 heterocycles. The minimum atomic E-state index is 0.397. The zero-order valence-corrected chi connectivity index (χ0v) is 10.9. The third kappa shape index (κ3) is 2.36. The third-order valence-corrected chi connectivity index (χ3v) is 4.50. The molecule has 2 nitrogen and oxygen atoms in total. The highest BCUT2D eigenvalue weighted by Gasteiger charge is 2.13. The molecule has 1 aromatic rings. The molecule has 88 valence electrons. The van der Waals surface area contributed by atoms with Crippen LogP contribution in [0.5, 0.6) is 0 Å². The molecule has 0 aromatic heterocycles. The molecule has 2 rings (SSSR count). The molecule has 0 fully saturated rings. The van der Waals surface area contributed by atoms with Crippen molar-refractivity contribution in [1.82, 2.24) is 0 Å². The number of hydrogen-bond donors (Lipinski definition) is 1. The molecule has 2 N–H and O–H groups in total. The Morgan fingerprint density at radius 1 is 1.50 bits per heavy atom. The molecule has 1 unspecified atom stereocenters. The van der Waals surface area contributed by atoms with Crippen LogP contribution in [0.4, 0.5) is 5.69 Å². The molecule has 1 aliphatic rings. The summed E-state index contributed by atoms with van der Waals surface area (Å²) in [5.74, 6) is 1.27. The van der Waals surface area contributed by atoms with Crippen molar-refractivity contribution >= 4 is 17.4 Å². The number of rotatable bonds is 3. The van der Waals surface area contributed by atoms with Gasteiger partial charge in [-0.2, -0.15) is 0 Å². The lowest BCUT2D eigenvalue weighted by Gasteiger charge is -2.27. The summed E-state index contributed by atoms with van der Waals surface area (Å²) >= 11 is 1.98. The summed E-state index contributed by atoms with van der Waals surface area (Å²) in [6, 6.07) is 7.19. The molecule has 1 atom stereocenters. The van der Waals surface area contributed by atoms with Gasteiger partial charge < -0.3 is 10.6 Å². The summed E-state index contributed by atoms with van der Waals surface area (Å²) in [5.41, 5.74) is 8.50. The molecule has 0 saturated heterocycles. The van der Waals surface area contributed by atoms with Gasteiger partial charge in [-0.3, -0.25) is 0 Å². The maximum absolute atomic E-state index is 5.70. The molecule has 0 radical (unpaired) electrons. The van der Waals surface area contributed by atoms with E-state index < -0.39 is 0 Å². The monoisotopic (exact) mass is 236 g/mol. The first-order valence-corrected chi connectivity index (χ1v) is 6.89. The molecule has 0 bridgehead atoms. The first kappa shape index (κ1) is 11.8. The van der Waals surface area contributed by atoms with Gasteiger partial charge in [0, 0.05) is 30.2 Å². The van der Waals surface area contributed by atoms with Gasteiger partial charge >= 0.3 is 0 Å². The largest absolute Gasteiger partial charge is 0.371 e. The number of likely N-dealkylation sites (N-methyl/N-ethyl adjacent to an activating group) is 1. The Balaban J connectivity index is 2.22. The predicted molar refractivity (Wildman–Crippen MR) is 72.4 cm³/mol. The average Bonchev–Trinajstić information content (AvgIpc) is 2.36. The maximum atomic E-state index is 5.70. The second-order valence-corrected chi connectivity index (χ2v) is 5.58. The van der Waals surface area contributed by atoms with E-state index in [2.05, 4.69) is 37.1 Å². The normalized spacial score (nSPS) is 16.7. The number of aryl methyl sites for hydroxylation is 1. The van der Waals surface area contributed by atoms with Crippen LogP contribution in [0.1, 0.15) is 18.9 Å². The smallest absolute Gasteiger partial charge is 0.0380 e. The summed E-state index contributed by atoms with van der Waals surface area (Å²) in [5, 5.41) is 0. The lowest BCUT2D eigenvalue weighted by molar-refractivity contribution is 0.694. The Kier molecular flexibility index (Phi) is 3.77. The van der Waals surface area contributed by atoms with Crippen molar-refractivity contribution < 1.29 is 0 Å². The van der Waals surface area contributed by atoms with Gasteiger partial charge in [-0.05, 0) is 49.3 Å². The second kappa shape index (κ2) is 5.11. The van der Waals surface area contributed by atoms with Gasteiger partial charge in [0.25, 0.3) is 0 Å². The molecular weight excluding hydrogens is 216 g/mol. The summed E-state index contributed by atoms with van der Waals surface area (Å²) in [6.45, 7) is 2.86. The Hall–Kier alpha value is -0.670. The van der Waals surface area contributed by atoms with Crippen molar-refractivity contribution in [1.29, 1.82) is 0 Å². The number of benzene rings is 1. The Bertz CT molecular complexity index is 365. The van der Waals surface area contributed by atoms with Crippen molar-refractivity contribution in [2.45, 2.75) is 30.7 Å². The van der Waals surface area contributed by atoms with Gasteiger partial charge in [0.05, 0.1) is 0 Å². The zero-order valence-electron chi connectivity index (χ0n) is 10.1. The zero-order chi connectivity index (χ0) is 11.5. The van der Waals surface area contributed by atoms with Crippen LogP contribution < -0.4 is 10.6 Å². The summed E-state index contributed by atoms with van der Waals surface area (Å²) in [6.07, 6.45) is 2.53. The minimum absolute atomic E-state index is 0.397. The lowest BCUT2D eigenvalue weighted by Crippen LogP contribution is -2.35. The molecule has 16 heavy (non-hydrogen) atoms. The first-order valence-electron chi connectivity index (χ1n) is 5.91. The van der Waals surface area contributed by atoms with Crippen LogP contribution in [0.3, 0.4) is 0 Å². The number of fused-ring (bicyclic) bond motifs is 1. The van der Waals surface area contributed by atoms with E-state index in [4.69, 9.17) is 5.73 Å². The van der Waals surface area contributed by atoms with Crippen LogP contribution >= 0.6 is 11.8 Å². The number of nitrogens with two attached hydrogens (primary N) is 1. The van der Waals surface area contributed by atoms with E-state index in [1.54, 1.807) is 0 Å². The number of nitrogens with zero attached hydrogens (tertiary/aromatic N) is 1. The summed E-state index contributed by atoms with van der Waals surface area (Å²) < 4.78 is 0. The van der Waals surface area contributed by atoms with E-state index in [9.17, 15) is 0 Å². The lowest BCUT2D eigenvalue weighted by atomic mass is 10.1. The third-order valence-electron chi connectivity index (χ3n) is 3.30. The second-order valence-electron chi connectivity index (χ2n) is 4.44. The van der Waals surface area contributed by atoms with Crippen molar-refractivity contribution in [3.05, 3.63) is 23.8 Å². The van der Waals surface area contributed by atoms with Crippen LogP contribution in [0.2, 0.25) is 0 Å². The first-order chi connectivity index (χ1) is 7.72. The highest BCUT2D eigenvalue weighted by molar-refractivity contribution is 7.99. The van der Waals surface area contributed by atoms with Crippen molar-refractivity contribution in [3.63, 3.8) is 0 Å². The van der Waals surface area contributed by atoms with Crippen LogP contribution in [-0.4, -0.2) is 25.4 Å². The molecule has 1 aliphatic heterocycles. The van der Waals surface area contributed by atoms with E-state index >= 15 is 0 Å². The fraction of sp³-hybridized carbons (Fsp3) is 0.538. The van der Waals surface area contributed by atoms with E-state index in [-0.39, 0.29) is 0 Å². The molecule has 3 heteroatoms. The van der Waals surface area contributed by atoms with Gasteiger partial charge in [-0.25, -0.2) is 0 Å². The molecule has 0 amide bonds. The Morgan fingerprint density at radius 3 is 3.06 bits per heavy atom. The fourth-order valence-electron chi connectivity index (χ4n) is 1.98. The topological polar surface area (TPSA) is 29.3 Å². The van der Waals surface area contributed by atoms with Crippen LogP contribution in [-0.2, 0) is 6.42 Å². The molecule has 1 aromatic carbocycles. The summed E-state index contributed by atoms with van der Waals surface area (Å²) in [4.78, 5) is 3.73. The average molecular weight is 236 g/mol. The van der Waals surface area contributed by atoms with E-state index in [0.717, 1.165) is 0 Å². The van der Waals surface area contributed by atoms with Gasteiger partial charge in [0.2, 0.25) is 0 Å². The fourth-order valence-corrected chi connectivity index (χ4v) is 3.00. The van der Waals surface area contributed by atoms with Crippen LogP contribution in [0, 0.1) is 0 Å². The maximum Gasteiger partial charge on any atom is 0.0380 e. The molecular formula is C13H20N2S. The number of anilines is 1.